The molecule has 0 saturated carbocycles. The molecule has 1 N–H and O–H groups in total. The number of hydrogen-bond acceptors (Lipinski definition) is 4. The number of nitrogens with zero attached hydrogens (tertiary/aromatic N) is 2. The molecule has 0 spiro atoms. The van der Waals surface area contributed by atoms with E-state index >= 15 is 0 Å². The Morgan fingerprint density at radius 1 is 0.875 bits per heavy atom. The zero-order valence-corrected chi connectivity index (χ0v) is 25.6. The second-order valence-corrected chi connectivity index (χ2v) is 12.8. The predicted molar refractivity (Wildman–Crippen MR) is 162 cm³/mol. The van der Waals surface area contributed by atoms with Crippen molar-refractivity contribution in [3.05, 3.63) is 99.0 Å². The average Bonchev–Trinajstić information content (AvgIpc) is 2.86. The van der Waals surface area contributed by atoms with Crippen LogP contribution in [0.5, 0.6) is 0 Å². The number of sulfonamides is 1. The molecule has 0 aromatic heterocycles. The van der Waals surface area contributed by atoms with E-state index in [0.29, 0.717) is 32.4 Å². The van der Waals surface area contributed by atoms with E-state index in [4.69, 9.17) is 23.2 Å². The van der Waals surface area contributed by atoms with Crippen molar-refractivity contribution in [1.29, 1.82) is 0 Å². The number of hydrogen-bond donors (Lipinski definition) is 1. The van der Waals surface area contributed by atoms with Gasteiger partial charge in [0.1, 0.15) is 12.6 Å². The normalized spacial score (nSPS) is 12.2. The number of anilines is 1. The van der Waals surface area contributed by atoms with Gasteiger partial charge >= 0.3 is 0 Å². The Hall–Kier alpha value is -3.07. The molecule has 10 heteroatoms. The molecule has 0 saturated heterocycles. The number of rotatable bonds is 11. The van der Waals surface area contributed by atoms with Crippen molar-refractivity contribution in [3.63, 3.8) is 0 Å². The van der Waals surface area contributed by atoms with E-state index in [0.717, 1.165) is 16.1 Å². The molecule has 0 radical (unpaired) electrons. The van der Waals surface area contributed by atoms with Gasteiger partial charge in [0.25, 0.3) is 0 Å². The highest BCUT2D eigenvalue weighted by atomic mass is 35.5. The lowest BCUT2D eigenvalue weighted by Crippen LogP contribution is -2.54. The zero-order chi connectivity index (χ0) is 29.6. The number of benzene rings is 3. The van der Waals surface area contributed by atoms with Crippen molar-refractivity contribution in [2.45, 2.75) is 52.7 Å². The van der Waals surface area contributed by atoms with Crippen LogP contribution in [0.25, 0.3) is 0 Å². The summed E-state index contributed by atoms with van der Waals surface area (Å²) in [6.45, 7) is 6.65. The van der Waals surface area contributed by atoms with Crippen LogP contribution < -0.4 is 9.62 Å². The maximum atomic E-state index is 14.2. The van der Waals surface area contributed by atoms with Crippen LogP contribution in [0.15, 0.2) is 66.7 Å². The molecular formula is C30H35Cl2N3O4S. The van der Waals surface area contributed by atoms with Gasteiger partial charge in [0.2, 0.25) is 21.8 Å². The second kappa shape index (κ2) is 13.5. The molecule has 2 amide bonds. The number of halogens is 2. The number of aryl methyl sites for hydroxylation is 2. The quantitative estimate of drug-likeness (QED) is 0.312. The van der Waals surface area contributed by atoms with Crippen molar-refractivity contribution < 1.29 is 18.0 Å². The van der Waals surface area contributed by atoms with Gasteiger partial charge in [-0.15, -0.1) is 0 Å². The first-order valence-corrected chi connectivity index (χ1v) is 15.5. The zero-order valence-electron chi connectivity index (χ0n) is 23.3. The standard InChI is InChI=1S/C30H35Cl2N3O4S/c1-20(2)33-30(37)27(17-23-13-7-6-8-14-23)34(18-24-25(31)15-10-16-26(24)32)28(36)19-35(40(5,38)39)29-21(3)11-9-12-22(29)4/h6-16,20,27H,17-19H2,1-5H3,(H,33,37). The van der Waals surface area contributed by atoms with Crippen LogP contribution in [0.1, 0.15) is 36.1 Å². The Morgan fingerprint density at radius 3 is 1.95 bits per heavy atom. The second-order valence-electron chi connectivity index (χ2n) is 10.1. The van der Waals surface area contributed by atoms with Crippen LogP contribution in [0.4, 0.5) is 5.69 Å². The molecule has 7 nitrogen and oxygen atoms in total. The van der Waals surface area contributed by atoms with Crippen LogP contribution in [0, 0.1) is 13.8 Å². The van der Waals surface area contributed by atoms with E-state index in [-0.39, 0.29) is 24.9 Å². The minimum Gasteiger partial charge on any atom is -0.352 e. The summed E-state index contributed by atoms with van der Waals surface area (Å²) < 4.78 is 27.2. The Morgan fingerprint density at radius 2 is 1.43 bits per heavy atom. The minimum atomic E-state index is -3.87. The maximum absolute atomic E-state index is 14.2. The monoisotopic (exact) mass is 603 g/mol. The third-order valence-corrected chi connectivity index (χ3v) is 8.28. The summed E-state index contributed by atoms with van der Waals surface area (Å²) in [5.41, 5.74) is 3.15. The molecule has 0 fully saturated rings. The summed E-state index contributed by atoms with van der Waals surface area (Å²) in [6, 6.07) is 18.6. The Kier molecular flexibility index (Phi) is 10.6. The first-order valence-electron chi connectivity index (χ1n) is 12.9. The average molecular weight is 605 g/mol. The summed E-state index contributed by atoms with van der Waals surface area (Å²) >= 11 is 13.0. The fourth-order valence-electron chi connectivity index (χ4n) is 4.56. The topological polar surface area (TPSA) is 86.8 Å². The molecule has 0 aliphatic rings. The van der Waals surface area contributed by atoms with Gasteiger partial charge in [-0.05, 0) is 56.5 Å². The van der Waals surface area contributed by atoms with E-state index in [1.54, 1.807) is 44.2 Å². The van der Waals surface area contributed by atoms with Crippen LogP contribution in [0.3, 0.4) is 0 Å². The van der Waals surface area contributed by atoms with E-state index in [1.165, 1.54) is 4.90 Å². The predicted octanol–water partition coefficient (Wildman–Crippen LogP) is 5.54. The molecule has 3 aromatic carbocycles. The van der Waals surface area contributed by atoms with Crippen LogP contribution >= 0.6 is 23.2 Å². The van der Waals surface area contributed by atoms with Crippen molar-refractivity contribution in [3.8, 4) is 0 Å². The fourth-order valence-corrected chi connectivity index (χ4v) is 6.04. The lowest BCUT2D eigenvalue weighted by molar-refractivity contribution is -0.140. The van der Waals surface area contributed by atoms with E-state index in [2.05, 4.69) is 5.32 Å². The summed E-state index contributed by atoms with van der Waals surface area (Å²) in [5, 5.41) is 3.59. The van der Waals surface area contributed by atoms with Gasteiger partial charge in [-0.25, -0.2) is 8.42 Å². The molecule has 3 aromatic rings. The summed E-state index contributed by atoms with van der Waals surface area (Å²) in [4.78, 5) is 29.2. The van der Waals surface area contributed by atoms with Gasteiger partial charge in [-0.1, -0.05) is 77.8 Å². The van der Waals surface area contributed by atoms with Crippen LogP contribution in [-0.4, -0.2) is 50.0 Å². The molecule has 3 rings (SSSR count). The van der Waals surface area contributed by atoms with Crippen molar-refractivity contribution in [2.75, 3.05) is 17.1 Å². The Bertz CT molecular complexity index is 1420. The first-order chi connectivity index (χ1) is 18.8. The maximum Gasteiger partial charge on any atom is 0.244 e. The van der Waals surface area contributed by atoms with Crippen molar-refractivity contribution in [2.24, 2.45) is 0 Å². The summed E-state index contributed by atoms with van der Waals surface area (Å²) in [7, 11) is -3.87. The molecule has 0 heterocycles. The largest absolute Gasteiger partial charge is 0.352 e. The molecule has 214 valence electrons. The Balaban J connectivity index is 2.14. The lowest BCUT2D eigenvalue weighted by Gasteiger charge is -2.34. The lowest BCUT2D eigenvalue weighted by atomic mass is 10.0. The van der Waals surface area contributed by atoms with Crippen molar-refractivity contribution in [1.82, 2.24) is 10.2 Å². The molecule has 0 aliphatic carbocycles. The molecule has 0 aliphatic heterocycles. The fraction of sp³-hybridized carbons (Fsp3) is 0.333. The first kappa shape index (κ1) is 31.5. The summed E-state index contributed by atoms with van der Waals surface area (Å²) in [5.74, 6) is -0.933. The van der Waals surface area contributed by atoms with Crippen LogP contribution in [-0.2, 0) is 32.6 Å². The highest BCUT2D eigenvalue weighted by molar-refractivity contribution is 7.92. The molecular weight excluding hydrogens is 569 g/mol. The Labute approximate surface area is 247 Å². The highest BCUT2D eigenvalue weighted by Crippen LogP contribution is 2.29. The van der Waals surface area contributed by atoms with Gasteiger partial charge in [-0.3, -0.25) is 13.9 Å². The van der Waals surface area contributed by atoms with Gasteiger partial charge in [0.05, 0.1) is 11.9 Å². The number of amides is 2. The van der Waals surface area contributed by atoms with Gasteiger partial charge in [0.15, 0.2) is 0 Å². The number of nitrogens with one attached hydrogen (secondary N) is 1. The molecule has 0 bridgehead atoms. The van der Waals surface area contributed by atoms with Gasteiger partial charge < -0.3 is 10.2 Å². The summed E-state index contributed by atoms with van der Waals surface area (Å²) in [6.07, 6.45) is 1.27. The van der Waals surface area contributed by atoms with E-state index in [9.17, 15) is 18.0 Å². The third-order valence-electron chi connectivity index (χ3n) is 6.46. The van der Waals surface area contributed by atoms with Gasteiger partial charge in [-0.2, -0.15) is 0 Å². The molecule has 1 unspecified atom stereocenters. The van der Waals surface area contributed by atoms with Crippen LogP contribution in [0.2, 0.25) is 10.0 Å². The third kappa shape index (κ3) is 7.99. The van der Waals surface area contributed by atoms with E-state index < -0.39 is 28.5 Å². The smallest absolute Gasteiger partial charge is 0.244 e. The van der Waals surface area contributed by atoms with E-state index in [1.807, 2.05) is 50.2 Å². The number of carbonyl (C=O) groups is 2. The molecule has 40 heavy (non-hydrogen) atoms. The minimum absolute atomic E-state index is 0.0925. The molecule has 1 atom stereocenters. The van der Waals surface area contributed by atoms with Crippen molar-refractivity contribution >= 4 is 50.7 Å². The van der Waals surface area contributed by atoms with Gasteiger partial charge in [0, 0.05) is 34.6 Å². The highest BCUT2D eigenvalue weighted by Gasteiger charge is 2.34. The number of para-hydroxylation sites is 1. The SMILES string of the molecule is Cc1cccc(C)c1N(CC(=O)N(Cc1c(Cl)cccc1Cl)C(Cc1ccccc1)C(=O)NC(C)C)S(C)(=O)=O. The number of carbonyl (C=O) groups excluding carboxylic acids is 2.